The highest BCUT2D eigenvalue weighted by atomic mass is 35.5. The Labute approximate surface area is 127 Å². The summed E-state index contributed by atoms with van der Waals surface area (Å²) in [6.45, 7) is 0. The monoisotopic (exact) mass is 306 g/mol. The number of halogens is 1. The van der Waals surface area contributed by atoms with Crippen molar-refractivity contribution in [2.75, 3.05) is 25.3 Å². The summed E-state index contributed by atoms with van der Waals surface area (Å²) < 4.78 is 10.3. The van der Waals surface area contributed by atoms with Gasteiger partial charge in [-0.1, -0.05) is 17.7 Å². The summed E-state index contributed by atoms with van der Waals surface area (Å²) >= 11 is 6.04. The third-order valence-electron chi connectivity index (χ3n) is 2.93. The first-order chi connectivity index (χ1) is 10.1. The van der Waals surface area contributed by atoms with Crippen LogP contribution < -0.4 is 20.5 Å². The molecule has 21 heavy (non-hydrogen) atoms. The number of hydrogen-bond acceptors (Lipinski definition) is 4. The van der Waals surface area contributed by atoms with Gasteiger partial charge in [0.1, 0.15) is 11.5 Å². The SMILES string of the molecule is COc1ccc(NC(=O)c2cccc(N)c2Cl)c(OC)c1. The maximum atomic E-state index is 12.3. The molecule has 2 rings (SSSR count). The van der Waals surface area contributed by atoms with Crippen molar-refractivity contribution in [2.24, 2.45) is 0 Å². The van der Waals surface area contributed by atoms with E-state index in [1.807, 2.05) is 0 Å². The Bertz CT molecular complexity index is 674. The molecular weight excluding hydrogens is 292 g/mol. The van der Waals surface area contributed by atoms with E-state index < -0.39 is 0 Å². The van der Waals surface area contributed by atoms with E-state index in [0.29, 0.717) is 28.4 Å². The quantitative estimate of drug-likeness (QED) is 0.851. The number of carbonyl (C=O) groups is 1. The van der Waals surface area contributed by atoms with Crippen molar-refractivity contribution < 1.29 is 14.3 Å². The number of carbonyl (C=O) groups excluding carboxylic acids is 1. The molecule has 0 spiro atoms. The van der Waals surface area contributed by atoms with Gasteiger partial charge in [0, 0.05) is 6.07 Å². The molecule has 0 aliphatic rings. The van der Waals surface area contributed by atoms with Crippen LogP contribution in [0.1, 0.15) is 10.4 Å². The molecule has 0 unspecified atom stereocenters. The average molecular weight is 307 g/mol. The molecule has 0 bridgehead atoms. The van der Waals surface area contributed by atoms with E-state index in [9.17, 15) is 4.79 Å². The first-order valence-electron chi connectivity index (χ1n) is 6.14. The second-order valence-corrected chi connectivity index (χ2v) is 4.61. The summed E-state index contributed by atoms with van der Waals surface area (Å²) in [6.07, 6.45) is 0. The minimum atomic E-state index is -0.365. The van der Waals surface area contributed by atoms with Gasteiger partial charge in [-0.05, 0) is 24.3 Å². The van der Waals surface area contributed by atoms with E-state index in [1.54, 1.807) is 43.5 Å². The van der Waals surface area contributed by atoms with Crippen molar-refractivity contribution in [2.45, 2.75) is 0 Å². The fourth-order valence-electron chi connectivity index (χ4n) is 1.82. The van der Waals surface area contributed by atoms with Crippen molar-refractivity contribution >= 4 is 28.9 Å². The van der Waals surface area contributed by atoms with Crippen LogP contribution in [0.3, 0.4) is 0 Å². The molecule has 0 aliphatic carbocycles. The Morgan fingerprint density at radius 1 is 1.19 bits per heavy atom. The standard InChI is InChI=1S/C15H15ClN2O3/c1-20-9-6-7-12(13(8-9)21-2)18-15(19)10-4-3-5-11(17)14(10)16/h3-8H,17H2,1-2H3,(H,18,19). The predicted molar refractivity (Wildman–Crippen MR) is 83.4 cm³/mol. The lowest BCUT2D eigenvalue weighted by Gasteiger charge is -2.12. The summed E-state index contributed by atoms with van der Waals surface area (Å²) in [7, 11) is 3.07. The lowest BCUT2D eigenvalue weighted by Crippen LogP contribution is -2.13. The lowest BCUT2D eigenvalue weighted by atomic mass is 10.1. The third-order valence-corrected chi connectivity index (χ3v) is 3.35. The second-order valence-electron chi connectivity index (χ2n) is 4.23. The van der Waals surface area contributed by atoms with Crippen LogP contribution in [0.2, 0.25) is 5.02 Å². The van der Waals surface area contributed by atoms with Crippen molar-refractivity contribution in [3.05, 3.63) is 47.0 Å². The molecule has 2 aromatic rings. The largest absolute Gasteiger partial charge is 0.497 e. The van der Waals surface area contributed by atoms with Crippen LogP contribution in [0, 0.1) is 0 Å². The Balaban J connectivity index is 2.29. The van der Waals surface area contributed by atoms with Gasteiger partial charge in [0.2, 0.25) is 0 Å². The number of nitrogens with one attached hydrogen (secondary N) is 1. The summed E-state index contributed by atoms with van der Waals surface area (Å²) in [5, 5.41) is 2.96. The average Bonchev–Trinajstić information content (AvgIpc) is 2.50. The number of rotatable bonds is 4. The van der Waals surface area contributed by atoms with Crippen LogP contribution in [0.25, 0.3) is 0 Å². The molecule has 0 saturated carbocycles. The molecule has 1 amide bonds. The highest BCUT2D eigenvalue weighted by molar-refractivity contribution is 6.36. The van der Waals surface area contributed by atoms with Crippen LogP contribution in [0.5, 0.6) is 11.5 Å². The molecule has 0 saturated heterocycles. The number of nitrogens with two attached hydrogens (primary N) is 1. The lowest BCUT2D eigenvalue weighted by molar-refractivity contribution is 0.102. The van der Waals surface area contributed by atoms with Gasteiger partial charge >= 0.3 is 0 Å². The maximum Gasteiger partial charge on any atom is 0.257 e. The van der Waals surface area contributed by atoms with Crippen LogP contribution in [-0.2, 0) is 0 Å². The number of nitrogen functional groups attached to an aromatic ring is 1. The topological polar surface area (TPSA) is 73.6 Å². The molecule has 3 N–H and O–H groups in total. The van der Waals surface area contributed by atoms with Crippen molar-refractivity contribution in [3.63, 3.8) is 0 Å². The first-order valence-corrected chi connectivity index (χ1v) is 6.52. The van der Waals surface area contributed by atoms with Crippen molar-refractivity contribution in [1.82, 2.24) is 0 Å². The Morgan fingerprint density at radius 3 is 2.62 bits per heavy atom. The Morgan fingerprint density at radius 2 is 1.95 bits per heavy atom. The first kappa shape index (κ1) is 15.0. The summed E-state index contributed by atoms with van der Waals surface area (Å²) in [5.41, 5.74) is 6.86. The van der Waals surface area contributed by atoms with Crippen molar-refractivity contribution in [1.29, 1.82) is 0 Å². The van der Waals surface area contributed by atoms with Gasteiger partial charge in [-0.25, -0.2) is 0 Å². The maximum absolute atomic E-state index is 12.3. The second kappa shape index (κ2) is 6.37. The van der Waals surface area contributed by atoms with E-state index in [2.05, 4.69) is 5.32 Å². The fraction of sp³-hybridized carbons (Fsp3) is 0.133. The molecule has 0 atom stereocenters. The van der Waals surface area contributed by atoms with E-state index >= 15 is 0 Å². The number of benzene rings is 2. The molecule has 0 aromatic heterocycles. The van der Waals surface area contributed by atoms with Crippen LogP contribution in [-0.4, -0.2) is 20.1 Å². The minimum absolute atomic E-state index is 0.225. The zero-order valence-corrected chi connectivity index (χ0v) is 12.4. The normalized spacial score (nSPS) is 10.0. The highest BCUT2D eigenvalue weighted by Gasteiger charge is 2.14. The van der Waals surface area contributed by atoms with E-state index in [4.69, 9.17) is 26.8 Å². The molecule has 6 heteroatoms. The van der Waals surface area contributed by atoms with Gasteiger partial charge in [-0.15, -0.1) is 0 Å². The zero-order chi connectivity index (χ0) is 15.4. The van der Waals surface area contributed by atoms with Crippen LogP contribution in [0.15, 0.2) is 36.4 Å². The van der Waals surface area contributed by atoms with Gasteiger partial charge in [0.15, 0.2) is 0 Å². The molecule has 5 nitrogen and oxygen atoms in total. The van der Waals surface area contributed by atoms with Gasteiger partial charge in [-0.2, -0.15) is 0 Å². The predicted octanol–water partition coefficient (Wildman–Crippen LogP) is 3.19. The zero-order valence-electron chi connectivity index (χ0n) is 11.6. The number of anilines is 2. The minimum Gasteiger partial charge on any atom is -0.497 e. The highest BCUT2D eigenvalue weighted by Crippen LogP contribution is 2.30. The van der Waals surface area contributed by atoms with E-state index in [-0.39, 0.29) is 10.9 Å². The fourth-order valence-corrected chi connectivity index (χ4v) is 2.03. The molecule has 110 valence electrons. The van der Waals surface area contributed by atoms with Gasteiger partial charge < -0.3 is 20.5 Å². The van der Waals surface area contributed by atoms with Crippen molar-refractivity contribution in [3.8, 4) is 11.5 Å². The number of amides is 1. The molecule has 0 fully saturated rings. The number of ether oxygens (including phenoxy) is 2. The molecule has 0 radical (unpaired) electrons. The summed E-state index contributed by atoms with van der Waals surface area (Å²) in [4.78, 5) is 12.3. The third kappa shape index (κ3) is 3.20. The summed E-state index contributed by atoms with van der Waals surface area (Å²) in [6, 6.07) is 9.99. The van der Waals surface area contributed by atoms with Gasteiger partial charge in [0.25, 0.3) is 5.91 Å². The molecule has 2 aromatic carbocycles. The van der Waals surface area contributed by atoms with Crippen LogP contribution >= 0.6 is 11.6 Å². The van der Waals surface area contributed by atoms with E-state index in [1.165, 1.54) is 7.11 Å². The smallest absolute Gasteiger partial charge is 0.257 e. The summed E-state index contributed by atoms with van der Waals surface area (Å²) in [5.74, 6) is 0.755. The number of hydrogen-bond donors (Lipinski definition) is 2. The van der Waals surface area contributed by atoms with Gasteiger partial charge in [-0.3, -0.25) is 4.79 Å². The Hall–Kier alpha value is -2.40. The van der Waals surface area contributed by atoms with E-state index in [0.717, 1.165) is 0 Å². The molecule has 0 aliphatic heterocycles. The molecule has 0 heterocycles. The Kier molecular flexibility index (Phi) is 4.55. The van der Waals surface area contributed by atoms with Crippen LogP contribution in [0.4, 0.5) is 11.4 Å². The number of methoxy groups -OCH3 is 2. The van der Waals surface area contributed by atoms with Gasteiger partial charge in [0.05, 0.1) is 36.2 Å². The molecular formula is C15H15ClN2O3.